The molecule has 0 unspecified atom stereocenters. The maximum Gasteiger partial charge on any atom is 0.110 e. The molecular formula is C20H35N7. The van der Waals surface area contributed by atoms with E-state index in [1.165, 1.54) is 32.1 Å². The molecule has 1 fully saturated rings. The highest BCUT2D eigenvalue weighted by atomic mass is 15.3. The van der Waals surface area contributed by atoms with Gasteiger partial charge in [0.25, 0.3) is 0 Å². The van der Waals surface area contributed by atoms with Crippen LogP contribution in [0, 0.1) is 11.3 Å². The summed E-state index contributed by atoms with van der Waals surface area (Å²) in [6.45, 7) is 8.54. The maximum atomic E-state index is 8.52. The topological polar surface area (TPSA) is 122 Å². The van der Waals surface area contributed by atoms with Crippen molar-refractivity contribution in [2.24, 2.45) is 10.9 Å². The largest absolute Gasteiger partial charge is 0.385 e. The van der Waals surface area contributed by atoms with Gasteiger partial charge in [-0.3, -0.25) is 4.68 Å². The molecule has 1 aliphatic carbocycles. The molecule has 1 aliphatic rings. The molecule has 2 aromatic rings. The van der Waals surface area contributed by atoms with Crippen molar-refractivity contribution in [2.45, 2.75) is 72.8 Å². The van der Waals surface area contributed by atoms with E-state index in [1.54, 1.807) is 29.3 Å². The van der Waals surface area contributed by atoms with Gasteiger partial charge in [-0.1, -0.05) is 59.8 Å². The molecule has 0 amide bonds. The lowest BCUT2D eigenvalue weighted by Crippen LogP contribution is -2.07. The fourth-order valence-electron chi connectivity index (χ4n) is 2.54. The lowest BCUT2D eigenvalue weighted by molar-refractivity contribution is 0.627. The van der Waals surface area contributed by atoms with Crippen LogP contribution in [0.25, 0.3) is 0 Å². The summed E-state index contributed by atoms with van der Waals surface area (Å²) < 4.78 is 1.67. The van der Waals surface area contributed by atoms with E-state index in [9.17, 15) is 0 Å². The maximum absolute atomic E-state index is 8.52. The lowest BCUT2D eigenvalue weighted by atomic mass is 10.1. The molecule has 0 radical (unpaired) electrons. The molecule has 5 N–H and O–H groups in total. The Bertz CT molecular complexity index is 665. The van der Waals surface area contributed by atoms with Gasteiger partial charge in [0.15, 0.2) is 0 Å². The van der Waals surface area contributed by atoms with Crippen LogP contribution in [0.1, 0.15) is 77.3 Å². The first-order valence-corrected chi connectivity index (χ1v) is 9.87. The average Bonchev–Trinajstić information content (AvgIpc) is 3.49. The summed E-state index contributed by atoms with van der Waals surface area (Å²) in [4.78, 5) is 2.87. The van der Waals surface area contributed by atoms with Gasteiger partial charge < -0.3 is 16.6 Å². The standard InChI is InChI=1S/C11H13N7.C5H10.2C2H6/c12-3-1-5-18-7-8(6-16-18)10(17-14)9-2-4-15-11(9)13;1-2-4-5-3-1;2*1-2/h2,4,6-7,15H,1,5,13-14H2;1-5H2;2*1-2H3/b17-10-;;;. The Morgan fingerprint density at radius 3 is 2.26 bits per heavy atom. The fourth-order valence-corrected chi connectivity index (χ4v) is 2.54. The van der Waals surface area contributed by atoms with Gasteiger partial charge in [-0.2, -0.15) is 15.5 Å². The molecule has 0 spiro atoms. The Morgan fingerprint density at radius 2 is 1.81 bits per heavy atom. The zero-order chi connectivity index (χ0) is 20.5. The Hall–Kier alpha value is -2.75. The second-order valence-electron chi connectivity index (χ2n) is 5.45. The first-order valence-electron chi connectivity index (χ1n) is 9.87. The fraction of sp³-hybridized carbons (Fsp3) is 0.550. The van der Waals surface area contributed by atoms with Crippen molar-refractivity contribution >= 4 is 11.5 Å². The SMILES string of the molecule is C1CCCC1.CC.CC.N#CCCn1cc(/C(=N/N)c2cc[nH]c2N)cn1. The summed E-state index contributed by atoms with van der Waals surface area (Å²) in [6.07, 6.45) is 13.1. The van der Waals surface area contributed by atoms with Gasteiger partial charge in [-0.05, 0) is 6.07 Å². The molecule has 27 heavy (non-hydrogen) atoms. The zero-order valence-corrected chi connectivity index (χ0v) is 17.2. The number of nitriles is 1. The molecule has 150 valence electrons. The molecule has 0 saturated heterocycles. The minimum absolute atomic E-state index is 0.405. The third-order valence-electron chi connectivity index (χ3n) is 3.77. The number of nitrogens with zero attached hydrogens (tertiary/aromatic N) is 4. The number of nitrogens with one attached hydrogen (secondary N) is 1. The molecule has 0 aromatic carbocycles. The van der Waals surface area contributed by atoms with Crippen LogP contribution in [0.4, 0.5) is 5.82 Å². The summed E-state index contributed by atoms with van der Waals surface area (Å²) >= 11 is 0. The van der Waals surface area contributed by atoms with Crippen molar-refractivity contribution in [1.82, 2.24) is 14.8 Å². The van der Waals surface area contributed by atoms with Crippen LogP contribution in [0.2, 0.25) is 0 Å². The summed E-state index contributed by atoms with van der Waals surface area (Å²) in [7, 11) is 0. The van der Waals surface area contributed by atoms with Crippen molar-refractivity contribution in [1.29, 1.82) is 5.26 Å². The number of H-pyrrole nitrogens is 1. The van der Waals surface area contributed by atoms with E-state index in [0.29, 0.717) is 24.5 Å². The monoisotopic (exact) mass is 373 g/mol. The van der Waals surface area contributed by atoms with Crippen LogP contribution >= 0.6 is 0 Å². The normalized spacial score (nSPS) is 12.5. The number of hydrogen-bond acceptors (Lipinski definition) is 5. The Kier molecular flexibility index (Phi) is 13.9. The Balaban J connectivity index is 0.000000629. The van der Waals surface area contributed by atoms with Crippen molar-refractivity contribution in [3.05, 3.63) is 35.8 Å². The minimum atomic E-state index is 0.405. The summed E-state index contributed by atoms with van der Waals surface area (Å²) in [5.41, 5.74) is 7.84. The van der Waals surface area contributed by atoms with Gasteiger partial charge in [-0.15, -0.1) is 0 Å². The van der Waals surface area contributed by atoms with Crippen molar-refractivity contribution < 1.29 is 0 Å². The van der Waals surface area contributed by atoms with Gasteiger partial charge in [0, 0.05) is 23.5 Å². The van der Waals surface area contributed by atoms with E-state index in [1.807, 2.05) is 27.7 Å². The smallest absolute Gasteiger partial charge is 0.110 e. The first kappa shape index (κ1) is 24.2. The minimum Gasteiger partial charge on any atom is -0.385 e. The molecule has 0 atom stereocenters. The molecule has 3 rings (SSSR count). The summed E-state index contributed by atoms with van der Waals surface area (Å²) in [5, 5.41) is 16.4. The highest BCUT2D eigenvalue weighted by Crippen LogP contribution is 2.16. The van der Waals surface area contributed by atoms with Crippen molar-refractivity contribution in [2.75, 3.05) is 5.73 Å². The number of hydrogen-bond donors (Lipinski definition) is 3. The number of rotatable bonds is 4. The number of nitrogens with two attached hydrogens (primary N) is 2. The van der Waals surface area contributed by atoms with Gasteiger partial charge in [0.1, 0.15) is 11.5 Å². The molecule has 0 bridgehead atoms. The van der Waals surface area contributed by atoms with Crippen LogP contribution in [0.5, 0.6) is 0 Å². The van der Waals surface area contributed by atoms with Gasteiger partial charge in [0.2, 0.25) is 0 Å². The van der Waals surface area contributed by atoms with Crippen LogP contribution in [0.3, 0.4) is 0 Å². The molecule has 7 heteroatoms. The highest BCUT2D eigenvalue weighted by Gasteiger charge is 2.13. The van der Waals surface area contributed by atoms with Gasteiger partial charge >= 0.3 is 0 Å². The molecule has 0 aliphatic heterocycles. The zero-order valence-electron chi connectivity index (χ0n) is 17.2. The van der Waals surface area contributed by atoms with Crippen molar-refractivity contribution in [3.63, 3.8) is 0 Å². The second kappa shape index (κ2) is 15.5. The third kappa shape index (κ3) is 8.45. The van der Waals surface area contributed by atoms with E-state index in [2.05, 4.69) is 21.3 Å². The Labute approximate surface area is 163 Å². The van der Waals surface area contributed by atoms with Gasteiger partial charge in [0.05, 0.1) is 25.2 Å². The van der Waals surface area contributed by atoms with E-state index in [0.717, 1.165) is 11.1 Å². The lowest BCUT2D eigenvalue weighted by Gasteiger charge is -2.01. The summed E-state index contributed by atoms with van der Waals surface area (Å²) in [5.74, 6) is 5.91. The first-order chi connectivity index (χ1) is 13.3. The number of hydrazone groups is 1. The third-order valence-corrected chi connectivity index (χ3v) is 3.77. The van der Waals surface area contributed by atoms with Crippen LogP contribution < -0.4 is 11.6 Å². The molecular weight excluding hydrogens is 338 g/mol. The number of aromatic nitrogens is 3. The average molecular weight is 374 g/mol. The predicted octanol–water partition coefficient (Wildman–Crippen LogP) is 4.42. The highest BCUT2D eigenvalue weighted by molar-refractivity contribution is 6.15. The molecule has 2 heterocycles. The number of anilines is 1. The van der Waals surface area contributed by atoms with E-state index >= 15 is 0 Å². The second-order valence-corrected chi connectivity index (χ2v) is 5.45. The molecule has 1 saturated carbocycles. The molecule has 7 nitrogen and oxygen atoms in total. The van der Waals surface area contributed by atoms with E-state index in [-0.39, 0.29) is 0 Å². The van der Waals surface area contributed by atoms with E-state index < -0.39 is 0 Å². The molecule has 2 aromatic heterocycles. The Morgan fingerprint density at radius 1 is 1.22 bits per heavy atom. The number of aromatic amines is 1. The van der Waals surface area contributed by atoms with Crippen LogP contribution in [-0.4, -0.2) is 20.5 Å². The van der Waals surface area contributed by atoms with Crippen LogP contribution in [0.15, 0.2) is 29.8 Å². The predicted molar refractivity (Wildman–Crippen MR) is 113 cm³/mol. The van der Waals surface area contributed by atoms with Crippen LogP contribution in [-0.2, 0) is 6.54 Å². The summed E-state index contributed by atoms with van der Waals surface area (Å²) in [6, 6.07) is 3.86. The van der Waals surface area contributed by atoms with E-state index in [4.69, 9.17) is 16.8 Å². The number of nitrogen functional groups attached to an aromatic ring is 1. The number of aryl methyl sites for hydroxylation is 1. The van der Waals surface area contributed by atoms with Gasteiger partial charge in [-0.25, -0.2) is 0 Å². The van der Waals surface area contributed by atoms with Crippen molar-refractivity contribution in [3.8, 4) is 6.07 Å². The quantitative estimate of drug-likeness (QED) is 0.417.